The maximum atomic E-state index is 12.5. The summed E-state index contributed by atoms with van der Waals surface area (Å²) in [5.74, 6) is 1.15. The van der Waals surface area contributed by atoms with Gasteiger partial charge in [-0.15, -0.1) is 0 Å². The number of nitrogens with two attached hydrogens (primary N) is 1. The molecule has 20 heavy (non-hydrogen) atoms. The number of benzene rings is 1. The van der Waals surface area contributed by atoms with Gasteiger partial charge in [-0.1, -0.05) is 6.07 Å². The first-order valence-electron chi connectivity index (χ1n) is 6.73. The number of aromatic nitrogens is 1. The molecule has 3 atom stereocenters. The summed E-state index contributed by atoms with van der Waals surface area (Å²) in [6.45, 7) is 1.61. The Morgan fingerprint density at radius 2 is 2.05 bits per heavy atom. The van der Waals surface area contributed by atoms with Crippen molar-refractivity contribution < 1.29 is 4.79 Å². The van der Waals surface area contributed by atoms with E-state index in [2.05, 4.69) is 20.9 Å². The van der Waals surface area contributed by atoms with Crippen molar-refractivity contribution in [2.45, 2.75) is 6.04 Å². The number of rotatable bonds is 1. The Morgan fingerprint density at radius 1 is 1.30 bits per heavy atom. The van der Waals surface area contributed by atoms with Gasteiger partial charge in [0.2, 0.25) is 0 Å². The molecule has 1 unspecified atom stereocenters. The molecule has 2 N–H and O–H groups in total. The Morgan fingerprint density at radius 3 is 2.80 bits per heavy atom. The minimum atomic E-state index is 0.103. The molecule has 0 spiro atoms. The highest BCUT2D eigenvalue weighted by Gasteiger charge is 2.54. The normalized spacial score (nSPS) is 27.7. The summed E-state index contributed by atoms with van der Waals surface area (Å²) in [4.78, 5) is 18.6. The zero-order valence-corrected chi connectivity index (χ0v) is 12.4. The zero-order chi connectivity index (χ0) is 13.9. The van der Waals surface area contributed by atoms with Crippen molar-refractivity contribution in [2.75, 3.05) is 13.1 Å². The summed E-state index contributed by atoms with van der Waals surface area (Å²) in [5, 5.41) is 2.05. The van der Waals surface area contributed by atoms with Gasteiger partial charge in [0.1, 0.15) is 0 Å². The number of fused-ring (bicyclic) bond motifs is 2. The van der Waals surface area contributed by atoms with Crippen molar-refractivity contribution >= 4 is 32.6 Å². The first-order valence-corrected chi connectivity index (χ1v) is 7.52. The smallest absolute Gasteiger partial charge is 0.253 e. The van der Waals surface area contributed by atoms with Crippen LogP contribution in [0.2, 0.25) is 0 Å². The molecule has 1 aromatic carbocycles. The monoisotopic (exact) mass is 331 g/mol. The van der Waals surface area contributed by atoms with Gasteiger partial charge in [0.25, 0.3) is 5.91 Å². The lowest BCUT2D eigenvalue weighted by molar-refractivity contribution is 0.0773. The van der Waals surface area contributed by atoms with Crippen molar-refractivity contribution in [3.05, 3.63) is 40.6 Å². The third-order valence-electron chi connectivity index (χ3n) is 4.50. The van der Waals surface area contributed by atoms with Crippen molar-refractivity contribution in [3.63, 3.8) is 0 Å². The predicted molar refractivity (Wildman–Crippen MR) is 80.3 cm³/mol. The molecule has 4 nitrogen and oxygen atoms in total. The predicted octanol–water partition coefficient (Wildman–Crippen LogP) is 2.03. The lowest BCUT2D eigenvalue weighted by atomic mass is 10.1. The highest BCUT2D eigenvalue weighted by molar-refractivity contribution is 9.10. The fourth-order valence-corrected chi connectivity index (χ4v) is 3.67. The van der Waals surface area contributed by atoms with E-state index in [1.807, 2.05) is 23.1 Å². The van der Waals surface area contributed by atoms with Crippen LogP contribution in [0.4, 0.5) is 0 Å². The second-order valence-electron chi connectivity index (χ2n) is 5.67. The number of likely N-dealkylation sites (tertiary alicyclic amines) is 1. The van der Waals surface area contributed by atoms with Crippen LogP contribution in [0.1, 0.15) is 10.4 Å². The van der Waals surface area contributed by atoms with E-state index in [-0.39, 0.29) is 5.91 Å². The number of carbonyl (C=O) groups is 1. The molecular weight excluding hydrogens is 318 g/mol. The Bertz CT molecular complexity index is 705. The first-order chi connectivity index (χ1) is 9.65. The quantitative estimate of drug-likeness (QED) is 0.869. The van der Waals surface area contributed by atoms with Crippen LogP contribution in [0.5, 0.6) is 0 Å². The molecule has 1 saturated heterocycles. The van der Waals surface area contributed by atoms with E-state index < -0.39 is 0 Å². The SMILES string of the molecule is NC1[C@H]2CN(C(=O)c3ccc4c(Br)cncc4c3)C[C@@H]12. The number of hydrogen-bond donors (Lipinski definition) is 1. The molecule has 1 saturated carbocycles. The summed E-state index contributed by atoms with van der Waals surface area (Å²) < 4.78 is 0.947. The summed E-state index contributed by atoms with van der Waals surface area (Å²) in [5.41, 5.74) is 6.64. The lowest BCUT2D eigenvalue weighted by Gasteiger charge is -2.19. The Kier molecular flexibility index (Phi) is 2.62. The largest absolute Gasteiger partial charge is 0.338 e. The summed E-state index contributed by atoms with van der Waals surface area (Å²) in [6, 6.07) is 6.09. The molecule has 0 radical (unpaired) electrons. The van der Waals surface area contributed by atoms with Crippen LogP contribution in [-0.2, 0) is 0 Å². The fraction of sp³-hybridized carbons (Fsp3) is 0.333. The molecular formula is C15H14BrN3O. The van der Waals surface area contributed by atoms with Gasteiger partial charge >= 0.3 is 0 Å². The molecule has 5 heteroatoms. The van der Waals surface area contributed by atoms with E-state index in [9.17, 15) is 4.79 Å². The summed E-state index contributed by atoms with van der Waals surface area (Å²) in [7, 11) is 0. The maximum Gasteiger partial charge on any atom is 0.253 e. The van der Waals surface area contributed by atoms with E-state index in [4.69, 9.17) is 5.73 Å². The molecule has 1 aromatic heterocycles. The van der Waals surface area contributed by atoms with Crippen LogP contribution in [0, 0.1) is 11.8 Å². The van der Waals surface area contributed by atoms with E-state index in [1.54, 1.807) is 12.4 Å². The molecule has 1 amide bonds. The number of nitrogens with zero attached hydrogens (tertiary/aromatic N) is 2. The maximum absolute atomic E-state index is 12.5. The second kappa shape index (κ2) is 4.27. The topological polar surface area (TPSA) is 59.2 Å². The lowest BCUT2D eigenvalue weighted by Crippen LogP contribution is -2.33. The van der Waals surface area contributed by atoms with Crippen LogP contribution in [0.3, 0.4) is 0 Å². The minimum Gasteiger partial charge on any atom is -0.338 e. The molecule has 0 bridgehead atoms. The molecule has 1 aliphatic heterocycles. The van der Waals surface area contributed by atoms with Gasteiger partial charge in [0.05, 0.1) is 0 Å². The number of pyridine rings is 1. The Balaban J connectivity index is 1.64. The van der Waals surface area contributed by atoms with Gasteiger partial charge in [-0.05, 0) is 45.3 Å². The van der Waals surface area contributed by atoms with Crippen LogP contribution in [0.25, 0.3) is 10.8 Å². The van der Waals surface area contributed by atoms with Gasteiger partial charge in [-0.2, -0.15) is 0 Å². The fourth-order valence-electron chi connectivity index (χ4n) is 3.19. The van der Waals surface area contributed by atoms with E-state index in [1.165, 1.54) is 0 Å². The van der Waals surface area contributed by atoms with Crippen LogP contribution in [0.15, 0.2) is 35.1 Å². The third kappa shape index (κ3) is 1.77. The molecule has 2 aromatic rings. The molecule has 1 aliphatic carbocycles. The number of amides is 1. The van der Waals surface area contributed by atoms with E-state index >= 15 is 0 Å². The van der Waals surface area contributed by atoms with Crippen LogP contribution in [-0.4, -0.2) is 34.9 Å². The van der Waals surface area contributed by atoms with Gasteiger partial charge in [0, 0.05) is 46.9 Å². The van der Waals surface area contributed by atoms with Crippen LogP contribution >= 0.6 is 15.9 Å². The molecule has 102 valence electrons. The van der Waals surface area contributed by atoms with E-state index in [0.29, 0.717) is 17.9 Å². The summed E-state index contributed by atoms with van der Waals surface area (Å²) >= 11 is 3.47. The third-order valence-corrected chi connectivity index (χ3v) is 5.14. The zero-order valence-electron chi connectivity index (χ0n) is 10.8. The van der Waals surface area contributed by atoms with Crippen molar-refractivity contribution in [3.8, 4) is 0 Å². The average Bonchev–Trinajstić information content (AvgIpc) is 2.90. The van der Waals surface area contributed by atoms with Gasteiger partial charge < -0.3 is 10.6 Å². The second-order valence-corrected chi connectivity index (χ2v) is 6.53. The Labute approximate surface area is 125 Å². The molecule has 2 fully saturated rings. The standard InChI is InChI=1S/C15H14BrN3O/c16-13-5-18-4-9-3-8(1-2-10(9)13)15(20)19-6-11-12(7-19)14(11)17/h1-5,11-12,14H,6-7,17H2/t11-,12+,14?. The van der Waals surface area contributed by atoms with Gasteiger partial charge in [-0.25, -0.2) is 0 Å². The number of hydrogen-bond acceptors (Lipinski definition) is 3. The Hall–Kier alpha value is -1.46. The molecule has 2 heterocycles. The van der Waals surface area contributed by atoms with Crippen molar-refractivity contribution in [1.29, 1.82) is 0 Å². The first kappa shape index (κ1) is 12.3. The summed E-state index contributed by atoms with van der Waals surface area (Å²) in [6.07, 6.45) is 3.55. The molecule has 2 aliphatic rings. The van der Waals surface area contributed by atoms with Gasteiger partial charge in [-0.3, -0.25) is 9.78 Å². The van der Waals surface area contributed by atoms with E-state index in [0.717, 1.165) is 33.9 Å². The number of carbonyl (C=O) groups excluding carboxylic acids is 1. The molecule has 4 rings (SSSR count). The van der Waals surface area contributed by atoms with Crippen LogP contribution < -0.4 is 5.73 Å². The highest BCUT2D eigenvalue weighted by Crippen LogP contribution is 2.44. The van der Waals surface area contributed by atoms with Gasteiger partial charge in [0.15, 0.2) is 0 Å². The highest BCUT2D eigenvalue weighted by atomic mass is 79.9. The number of halogens is 1. The number of piperidine rings is 1. The minimum absolute atomic E-state index is 0.103. The average molecular weight is 332 g/mol. The van der Waals surface area contributed by atoms with Crippen molar-refractivity contribution in [1.82, 2.24) is 9.88 Å². The van der Waals surface area contributed by atoms with Crippen molar-refractivity contribution in [2.24, 2.45) is 17.6 Å².